The van der Waals surface area contributed by atoms with Crippen LogP contribution in [0.5, 0.6) is 11.5 Å². The van der Waals surface area contributed by atoms with Gasteiger partial charge in [0.15, 0.2) is 12.4 Å². The number of hydrogen-bond acceptors (Lipinski definition) is 9. The van der Waals surface area contributed by atoms with Crippen LogP contribution in [-0.4, -0.2) is 60.4 Å². The van der Waals surface area contributed by atoms with Crippen LogP contribution in [0.1, 0.15) is 38.7 Å². The van der Waals surface area contributed by atoms with Crippen LogP contribution in [0.4, 0.5) is 0 Å². The Hall–Kier alpha value is -2.17. The highest BCUT2D eigenvalue weighted by Gasteiger charge is 2.52. The molecule has 9 heteroatoms. The molecule has 2 N–H and O–H groups in total. The first-order valence-electron chi connectivity index (χ1n) is 10.8. The predicted molar refractivity (Wildman–Crippen MR) is 114 cm³/mol. The monoisotopic (exact) mass is 450 g/mol. The third-order valence-electron chi connectivity index (χ3n) is 6.05. The van der Waals surface area contributed by atoms with Crippen LogP contribution in [0.15, 0.2) is 27.4 Å². The van der Waals surface area contributed by atoms with Gasteiger partial charge in [-0.3, -0.25) is 0 Å². The summed E-state index contributed by atoms with van der Waals surface area (Å²) in [5.41, 5.74) is -0.819. The SMILES string of the molecule is CO[C@@H]1[C@H](O)[C@@H](OC2CCCCO2)[C@H](Oc2ccc3c(O)cc(=O)oc3c2C)OC1(C)C. The second-order valence-corrected chi connectivity index (χ2v) is 8.77. The number of aromatic hydroxyl groups is 1. The normalized spacial score (nSPS) is 30.3. The smallest absolute Gasteiger partial charge is 0.339 e. The molecule has 2 aliphatic rings. The quantitative estimate of drug-likeness (QED) is 0.663. The molecular weight excluding hydrogens is 420 g/mol. The zero-order valence-corrected chi connectivity index (χ0v) is 18.7. The minimum Gasteiger partial charge on any atom is -0.507 e. The van der Waals surface area contributed by atoms with Gasteiger partial charge in [0.1, 0.15) is 29.3 Å². The Labute approximate surface area is 185 Å². The molecule has 1 unspecified atom stereocenters. The molecule has 2 fully saturated rings. The van der Waals surface area contributed by atoms with E-state index in [9.17, 15) is 15.0 Å². The molecule has 2 aliphatic heterocycles. The minimum atomic E-state index is -1.04. The molecule has 176 valence electrons. The summed E-state index contributed by atoms with van der Waals surface area (Å²) in [6.07, 6.45) is -1.41. The summed E-state index contributed by atoms with van der Waals surface area (Å²) in [7, 11) is 1.51. The minimum absolute atomic E-state index is 0.171. The number of aliphatic hydroxyl groups excluding tert-OH is 1. The van der Waals surface area contributed by atoms with Gasteiger partial charge in [-0.2, -0.15) is 0 Å². The summed E-state index contributed by atoms with van der Waals surface area (Å²) in [6.45, 7) is 5.91. The van der Waals surface area contributed by atoms with E-state index >= 15 is 0 Å². The van der Waals surface area contributed by atoms with E-state index in [2.05, 4.69) is 0 Å². The standard InChI is InChI=1S/C23H30O9/c1-12-15(9-8-13-14(24)11-16(25)30-19(12)13)29-22-20(31-17-7-5-6-10-28-17)18(26)21(27-4)23(2,3)32-22/h8-9,11,17-18,20-22,24,26H,5-7,10H2,1-4H3/t17?,18-,20-,21-,22-/m1/s1. The summed E-state index contributed by atoms with van der Waals surface area (Å²) in [5, 5.41) is 21.6. The molecule has 5 atom stereocenters. The molecule has 0 aliphatic carbocycles. The van der Waals surface area contributed by atoms with Crippen LogP contribution in [0, 0.1) is 6.92 Å². The second kappa shape index (κ2) is 8.99. The molecule has 0 bridgehead atoms. The third-order valence-corrected chi connectivity index (χ3v) is 6.05. The average Bonchev–Trinajstić information content (AvgIpc) is 2.74. The molecule has 2 aromatic rings. The lowest BCUT2D eigenvalue weighted by Crippen LogP contribution is -2.65. The van der Waals surface area contributed by atoms with Gasteiger partial charge in [0.25, 0.3) is 0 Å². The van der Waals surface area contributed by atoms with E-state index in [-0.39, 0.29) is 11.3 Å². The summed E-state index contributed by atoms with van der Waals surface area (Å²) in [4.78, 5) is 11.8. The molecule has 0 spiro atoms. The van der Waals surface area contributed by atoms with Crippen molar-refractivity contribution in [3.05, 3.63) is 34.2 Å². The van der Waals surface area contributed by atoms with Gasteiger partial charge in [-0.25, -0.2) is 4.79 Å². The van der Waals surface area contributed by atoms with Crippen LogP contribution >= 0.6 is 0 Å². The summed E-state index contributed by atoms with van der Waals surface area (Å²) in [5.74, 6) is 0.197. The van der Waals surface area contributed by atoms with E-state index in [1.165, 1.54) is 7.11 Å². The lowest BCUT2D eigenvalue weighted by molar-refractivity contribution is -0.339. The highest BCUT2D eigenvalue weighted by atomic mass is 16.7. The van der Waals surface area contributed by atoms with E-state index in [1.807, 2.05) is 0 Å². The second-order valence-electron chi connectivity index (χ2n) is 8.77. The topological polar surface area (TPSA) is 117 Å². The highest BCUT2D eigenvalue weighted by molar-refractivity contribution is 5.86. The van der Waals surface area contributed by atoms with Crippen LogP contribution < -0.4 is 10.4 Å². The molecule has 0 radical (unpaired) electrons. The van der Waals surface area contributed by atoms with E-state index in [1.54, 1.807) is 32.9 Å². The number of aliphatic hydroxyl groups is 1. The zero-order valence-electron chi connectivity index (χ0n) is 18.7. The number of benzene rings is 1. The first kappa shape index (κ1) is 23.0. The first-order valence-corrected chi connectivity index (χ1v) is 10.8. The Kier molecular flexibility index (Phi) is 6.46. The van der Waals surface area contributed by atoms with Crippen molar-refractivity contribution in [3.8, 4) is 11.5 Å². The molecular formula is C23H30O9. The Morgan fingerprint density at radius 2 is 2.00 bits per heavy atom. The van der Waals surface area contributed by atoms with Gasteiger partial charge < -0.3 is 38.3 Å². The van der Waals surface area contributed by atoms with Crippen molar-refractivity contribution >= 4 is 11.0 Å². The largest absolute Gasteiger partial charge is 0.507 e. The van der Waals surface area contributed by atoms with Gasteiger partial charge >= 0.3 is 5.63 Å². The van der Waals surface area contributed by atoms with Crippen LogP contribution in [0.3, 0.4) is 0 Å². The molecule has 1 aromatic heterocycles. The molecule has 4 rings (SSSR count). The molecule has 1 aromatic carbocycles. The van der Waals surface area contributed by atoms with Gasteiger partial charge in [-0.15, -0.1) is 0 Å². The maximum absolute atomic E-state index is 11.8. The fraction of sp³-hybridized carbons (Fsp3) is 0.609. The number of aryl methyl sites for hydroxylation is 1. The van der Waals surface area contributed by atoms with Gasteiger partial charge in [0.2, 0.25) is 6.29 Å². The van der Waals surface area contributed by atoms with Crippen molar-refractivity contribution in [1.29, 1.82) is 0 Å². The molecule has 3 heterocycles. The first-order chi connectivity index (χ1) is 15.2. The van der Waals surface area contributed by atoms with Crippen molar-refractivity contribution in [2.75, 3.05) is 13.7 Å². The fourth-order valence-electron chi connectivity index (χ4n) is 4.41. The van der Waals surface area contributed by atoms with E-state index in [0.29, 0.717) is 29.7 Å². The molecule has 0 amide bonds. The Balaban J connectivity index is 1.67. The lowest BCUT2D eigenvalue weighted by atomic mass is 9.89. The van der Waals surface area contributed by atoms with Crippen molar-refractivity contribution < 1.29 is 38.3 Å². The van der Waals surface area contributed by atoms with E-state index in [4.69, 9.17) is 28.1 Å². The number of rotatable bonds is 5. The van der Waals surface area contributed by atoms with Gasteiger partial charge in [0, 0.05) is 19.3 Å². The molecule has 9 nitrogen and oxygen atoms in total. The number of fused-ring (bicyclic) bond motifs is 1. The number of methoxy groups -OCH3 is 1. The Morgan fingerprint density at radius 1 is 1.22 bits per heavy atom. The highest BCUT2D eigenvalue weighted by Crippen LogP contribution is 2.37. The van der Waals surface area contributed by atoms with E-state index in [0.717, 1.165) is 18.9 Å². The van der Waals surface area contributed by atoms with Crippen molar-refractivity contribution in [2.45, 2.75) is 76.5 Å². The zero-order chi connectivity index (χ0) is 23.0. The van der Waals surface area contributed by atoms with Crippen molar-refractivity contribution in [2.24, 2.45) is 0 Å². The van der Waals surface area contributed by atoms with Crippen LogP contribution in [0.2, 0.25) is 0 Å². The van der Waals surface area contributed by atoms with Gasteiger partial charge in [0.05, 0.1) is 17.1 Å². The summed E-state index contributed by atoms with van der Waals surface area (Å²) in [6, 6.07) is 4.26. The van der Waals surface area contributed by atoms with Crippen molar-refractivity contribution in [3.63, 3.8) is 0 Å². The summed E-state index contributed by atoms with van der Waals surface area (Å²) < 4.78 is 35.0. The number of ether oxygens (including phenoxy) is 5. The van der Waals surface area contributed by atoms with E-state index < -0.39 is 42.1 Å². The third kappa shape index (κ3) is 4.35. The van der Waals surface area contributed by atoms with Crippen molar-refractivity contribution in [1.82, 2.24) is 0 Å². The lowest BCUT2D eigenvalue weighted by Gasteiger charge is -2.48. The van der Waals surface area contributed by atoms with Gasteiger partial charge in [-0.05, 0) is 52.2 Å². The maximum Gasteiger partial charge on any atom is 0.339 e. The van der Waals surface area contributed by atoms with Gasteiger partial charge in [-0.1, -0.05) is 0 Å². The molecule has 0 saturated carbocycles. The van der Waals surface area contributed by atoms with Crippen LogP contribution in [-0.2, 0) is 18.9 Å². The fourth-order valence-corrected chi connectivity index (χ4v) is 4.41. The Bertz CT molecular complexity index is 1010. The summed E-state index contributed by atoms with van der Waals surface area (Å²) >= 11 is 0. The van der Waals surface area contributed by atoms with Crippen LogP contribution in [0.25, 0.3) is 11.0 Å². The number of hydrogen-bond donors (Lipinski definition) is 2. The molecule has 32 heavy (non-hydrogen) atoms. The predicted octanol–water partition coefficient (Wildman–Crippen LogP) is 2.61. The average molecular weight is 450 g/mol. The molecule has 2 saturated heterocycles. The maximum atomic E-state index is 11.8. The Morgan fingerprint density at radius 3 is 2.69 bits per heavy atom.